The number of fused-ring (bicyclic) bond motifs is 1. The number of hydrogen-bond donors (Lipinski definition) is 0. The number of Topliss-reactive ketones (excluding diaryl/α,β-unsaturated/α-hetero) is 1. The van der Waals surface area contributed by atoms with Crippen LogP contribution in [0.25, 0.3) is 0 Å². The van der Waals surface area contributed by atoms with Crippen LogP contribution in [0, 0.1) is 5.92 Å². The molecule has 0 aromatic heterocycles. The zero-order valence-corrected chi connectivity index (χ0v) is 11.0. The smallest absolute Gasteiger partial charge is 0.306 e. The van der Waals surface area contributed by atoms with E-state index in [-0.39, 0.29) is 24.8 Å². The first kappa shape index (κ1) is 13.4. The van der Waals surface area contributed by atoms with E-state index in [2.05, 4.69) is 0 Å². The Kier molecular flexibility index (Phi) is 4.04. The molecule has 1 aliphatic rings. The third-order valence-corrected chi connectivity index (χ3v) is 2.98. The fourth-order valence-electron chi connectivity index (χ4n) is 2.01. The van der Waals surface area contributed by atoms with Crippen molar-refractivity contribution >= 4 is 11.8 Å². The van der Waals surface area contributed by atoms with Crippen molar-refractivity contribution in [3.05, 3.63) is 23.8 Å². The van der Waals surface area contributed by atoms with E-state index in [1.54, 1.807) is 32.2 Å². The van der Waals surface area contributed by atoms with Crippen molar-refractivity contribution in [1.29, 1.82) is 0 Å². The average Bonchev–Trinajstić information content (AvgIpc) is 2.42. The van der Waals surface area contributed by atoms with Crippen LogP contribution < -0.4 is 9.47 Å². The summed E-state index contributed by atoms with van der Waals surface area (Å²) in [6.07, 6.45) is 0.0537. The minimum absolute atomic E-state index is 0.0537. The molecule has 0 spiro atoms. The van der Waals surface area contributed by atoms with E-state index < -0.39 is 5.92 Å². The molecule has 5 heteroatoms. The van der Waals surface area contributed by atoms with Gasteiger partial charge >= 0.3 is 5.97 Å². The maximum absolute atomic E-state index is 12.2. The lowest BCUT2D eigenvalue weighted by Gasteiger charge is -2.23. The summed E-state index contributed by atoms with van der Waals surface area (Å²) >= 11 is 0. The Bertz CT molecular complexity index is 495. The first-order valence-electron chi connectivity index (χ1n) is 6.16. The van der Waals surface area contributed by atoms with Crippen molar-refractivity contribution in [2.24, 2.45) is 5.92 Å². The molecule has 102 valence electrons. The molecule has 1 aromatic rings. The van der Waals surface area contributed by atoms with Gasteiger partial charge in [0.25, 0.3) is 0 Å². The van der Waals surface area contributed by atoms with Crippen LogP contribution in [0.5, 0.6) is 11.5 Å². The quantitative estimate of drug-likeness (QED) is 0.776. The minimum atomic E-state index is -0.472. The van der Waals surface area contributed by atoms with Crippen LogP contribution in [0.2, 0.25) is 0 Å². The van der Waals surface area contributed by atoms with E-state index in [1.165, 1.54) is 0 Å². The number of hydrogen-bond acceptors (Lipinski definition) is 5. The van der Waals surface area contributed by atoms with E-state index in [9.17, 15) is 9.59 Å². The maximum Gasteiger partial charge on any atom is 0.306 e. The molecule has 1 aliphatic heterocycles. The highest BCUT2D eigenvalue weighted by Gasteiger charge is 2.31. The molecule has 0 bridgehead atoms. The molecule has 0 amide bonds. The van der Waals surface area contributed by atoms with E-state index in [0.29, 0.717) is 23.7 Å². The van der Waals surface area contributed by atoms with Gasteiger partial charge in [-0.1, -0.05) is 0 Å². The monoisotopic (exact) mass is 264 g/mol. The first-order valence-corrected chi connectivity index (χ1v) is 6.16. The number of carbonyl (C=O) groups is 2. The Balaban J connectivity index is 2.13. The summed E-state index contributed by atoms with van der Waals surface area (Å²) in [5.74, 6) is 0.207. The largest absolute Gasteiger partial charge is 0.497 e. The molecule has 0 saturated carbocycles. The highest BCUT2D eigenvalue weighted by atomic mass is 16.5. The Hall–Kier alpha value is -2.04. The topological polar surface area (TPSA) is 61.8 Å². The fraction of sp³-hybridized carbons (Fsp3) is 0.429. The van der Waals surface area contributed by atoms with Gasteiger partial charge in [-0.05, 0) is 19.1 Å². The summed E-state index contributed by atoms with van der Waals surface area (Å²) < 4.78 is 15.4. The Morgan fingerprint density at radius 2 is 2.26 bits per heavy atom. The maximum atomic E-state index is 12.2. The molecule has 5 nitrogen and oxygen atoms in total. The Labute approximate surface area is 111 Å². The Morgan fingerprint density at radius 3 is 2.95 bits per heavy atom. The molecule has 0 fully saturated rings. The zero-order valence-electron chi connectivity index (χ0n) is 11.0. The van der Waals surface area contributed by atoms with Crippen LogP contribution >= 0.6 is 0 Å². The SMILES string of the molecule is CCOC(=O)C[C@@H]1COc2cc(OC)ccc2C1=O. The van der Waals surface area contributed by atoms with Gasteiger partial charge in [0.2, 0.25) is 0 Å². The molecular weight excluding hydrogens is 248 g/mol. The van der Waals surface area contributed by atoms with Crippen LogP contribution in [0.4, 0.5) is 0 Å². The van der Waals surface area contributed by atoms with E-state index >= 15 is 0 Å². The van der Waals surface area contributed by atoms with Gasteiger partial charge in [0.05, 0.1) is 38.2 Å². The van der Waals surface area contributed by atoms with Crippen molar-refractivity contribution in [1.82, 2.24) is 0 Å². The van der Waals surface area contributed by atoms with Gasteiger partial charge in [-0.25, -0.2) is 0 Å². The average molecular weight is 264 g/mol. The van der Waals surface area contributed by atoms with Crippen molar-refractivity contribution < 1.29 is 23.8 Å². The molecule has 2 rings (SSSR count). The van der Waals surface area contributed by atoms with Crippen molar-refractivity contribution in [3.8, 4) is 11.5 Å². The first-order chi connectivity index (χ1) is 9.15. The van der Waals surface area contributed by atoms with Crippen LogP contribution in [0.3, 0.4) is 0 Å². The van der Waals surface area contributed by atoms with Crippen molar-refractivity contribution in [2.75, 3.05) is 20.3 Å². The Morgan fingerprint density at radius 1 is 1.47 bits per heavy atom. The third kappa shape index (κ3) is 2.86. The second-order valence-corrected chi connectivity index (χ2v) is 4.24. The molecule has 0 radical (unpaired) electrons. The van der Waals surface area contributed by atoms with Gasteiger partial charge < -0.3 is 14.2 Å². The van der Waals surface area contributed by atoms with Crippen LogP contribution in [0.1, 0.15) is 23.7 Å². The van der Waals surface area contributed by atoms with Crippen molar-refractivity contribution in [3.63, 3.8) is 0 Å². The molecule has 1 atom stereocenters. The summed E-state index contributed by atoms with van der Waals surface area (Å²) in [6.45, 7) is 2.24. The van der Waals surface area contributed by atoms with E-state index in [1.807, 2.05) is 0 Å². The predicted octanol–water partition coefficient (Wildman–Crippen LogP) is 1.84. The van der Waals surface area contributed by atoms with Gasteiger partial charge in [-0.2, -0.15) is 0 Å². The number of ether oxygens (including phenoxy) is 3. The predicted molar refractivity (Wildman–Crippen MR) is 67.6 cm³/mol. The summed E-state index contributed by atoms with van der Waals surface area (Å²) in [4.78, 5) is 23.6. The van der Waals surface area contributed by atoms with Gasteiger partial charge in [0.15, 0.2) is 5.78 Å². The number of carbonyl (C=O) groups excluding carboxylic acids is 2. The van der Waals surface area contributed by atoms with E-state index in [4.69, 9.17) is 14.2 Å². The lowest BCUT2D eigenvalue weighted by atomic mass is 9.92. The number of esters is 1. The van der Waals surface area contributed by atoms with Gasteiger partial charge in [0.1, 0.15) is 11.5 Å². The summed E-state index contributed by atoms with van der Waals surface area (Å²) in [7, 11) is 1.55. The normalized spacial score (nSPS) is 17.4. The van der Waals surface area contributed by atoms with E-state index in [0.717, 1.165) is 0 Å². The second-order valence-electron chi connectivity index (χ2n) is 4.24. The van der Waals surface area contributed by atoms with Gasteiger partial charge in [0, 0.05) is 6.07 Å². The third-order valence-electron chi connectivity index (χ3n) is 2.98. The summed E-state index contributed by atoms with van der Waals surface area (Å²) in [5.41, 5.74) is 0.487. The molecular formula is C14H16O5. The molecule has 0 aliphatic carbocycles. The molecule has 1 aromatic carbocycles. The molecule has 0 N–H and O–H groups in total. The molecule has 0 saturated heterocycles. The van der Waals surface area contributed by atoms with Crippen LogP contribution in [-0.4, -0.2) is 32.1 Å². The lowest BCUT2D eigenvalue weighted by molar-refractivity contribution is -0.144. The lowest BCUT2D eigenvalue weighted by Crippen LogP contribution is -2.30. The molecule has 1 heterocycles. The van der Waals surface area contributed by atoms with Crippen molar-refractivity contribution in [2.45, 2.75) is 13.3 Å². The van der Waals surface area contributed by atoms with Crippen LogP contribution in [-0.2, 0) is 9.53 Å². The zero-order chi connectivity index (χ0) is 13.8. The highest BCUT2D eigenvalue weighted by Crippen LogP contribution is 2.32. The summed E-state index contributed by atoms with van der Waals surface area (Å²) in [5, 5.41) is 0. The number of benzene rings is 1. The van der Waals surface area contributed by atoms with Gasteiger partial charge in [-0.3, -0.25) is 9.59 Å². The molecule has 19 heavy (non-hydrogen) atoms. The minimum Gasteiger partial charge on any atom is -0.497 e. The summed E-state index contributed by atoms with van der Waals surface area (Å²) in [6, 6.07) is 5.04. The number of ketones is 1. The van der Waals surface area contributed by atoms with Crippen LogP contribution in [0.15, 0.2) is 18.2 Å². The highest BCUT2D eigenvalue weighted by molar-refractivity contribution is 6.02. The number of methoxy groups -OCH3 is 1. The number of rotatable bonds is 4. The standard InChI is InChI=1S/C14H16O5/c1-3-18-13(15)6-9-8-19-12-7-10(17-2)4-5-11(12)14(9)16/h4-5,7,9H,3,6,8H2,1-2H3/t9-/m1/s1. The fourth-order valence-corrected chi connectivity index (χ4v) is 2.01. The van der Waals surface area contributed by atoms with Gasteiger partial charge in [-0.15, -0.1) is 0 Å². The molecule has 0 unspecified atom stereocenters. The second kappa shape index (κ2) is 5.73.